The third kappa shape index (κ3) is 3.05. The molecule has 5 heteroatoms. The Balaban J connectivity index is 2.82. The first-order valence-corrected chi connectivity index (χ1v) is 5.00. The highest BCUT2D eigenvalue weighted by atomic mass is 35.5. The van der Waals surface area contributed by atoms with Crippen molar-refractivity contribution in [2.24, 2.45) is 0 Å². The fraction of sp³-hybridized carbons (Fsp3) is 0.222. The molecule has 1 atom stereocenters. The van der Waals surface area contributed by atoms with Crippen LogP contribution >= 0.6 is 34.8 Å². The lowest BCUT2D eigenvalue weighted by Crippen LogP contribution is -2.17. The maximum absolute atomic E-state index is 11.1. The minimum Gasteiger partial charge on any atom is -0.424 e. The number of ether oxygens (including phenoxy) is 1. The summed E-state index contributed by atoms with van der Waals surface area (Å²) in [5.41, 5.74) is 0. The second-order valence-electron chi connectivity index (χ2n) is 2.61. The molecule has 0 saturated heterocycles. The zero-order chi connectivity index (χ0) is 10.7. The Morgan fingerprint density at radius 3 is 2.57 bits per heavy atom. The van der Waals surface area contributed by atoms with Crippen molar-refractivity contribution in [2.45, 2.75) is 12.3 Å². The molecule has 0 fully saturated rings. The van der Waals surface area contributed by atoms with Gasteiger partial charge in [-0.3, -0.25) is 4.79 Å². The monoisotopic (exact) mass is 252 g/mol. The zero-order valence-electron chi connectivity index (χ0n) is 7.26. The van der Waals surface area contributed by atoms with E-state index in [0.29, 0.717) is 5.02 Å². The number of benzene rings is 1. The fourth-order valence-corrected chi connectivity index (χ4v) is 1.24. The molecule has 76 valence electrons. The molecule has 0 N–H and O–H groups in total. The molecule has 0 radical (unpaired) electrons. The minimum absolute atomic E-state index is 0.258. The molecule has 1 unspecified atom stereocenters. The average molecular weight is 254 g/mol. The highest BCUT2D eigenvalue weighted by Crippen LogP contribution is 2.27. The van der Waals surface area contributed by atoms with Crippen molar-refractivity contribution >= 4 is 40.8 Å². The Morgan fingerprint density at radius 1 is 1.43 bits per heavy atom. The Labute approximate surface area is 96.7 Å². The van der Waals surface area contributed by atoms with Gasteiger partial charge >= 0.3 is 5.97 Å². The van der Waals surface area contributed by atoms with E-state index < -0.39 is 11.3 Å². The maximum Gasteiger partial charge on any atom is 0.329 e. The Kier molecular flexibility index (Phi) is 4.05. The molecule has 2 nitrogen and oxygen atoms in total. The molecule has 1 rings (SSSR count). The second kappa shape index (κ2) is 4.87. The molecular weight excluding hydrogens is 246 g/mol. The average Bonchev–Trinajstić information content (AvgIpc) is 2.09. The van der Waals surface area contributed by atoms with Gasteiger partial charge in [-0.15, -0.1) is 11.6 Å². The molecule has 1 aromatic rings. The summed E-state index contributed by atoms with van der Waals surface area (Å²) in [6, 6.07) is 4.58. The van der Waals surface area contributed by atoms with Gasteiger partial charge in [0.05, 0.1) is 5.02 Å². The first-order valence-electron chi connectivity index (χ1n) is 3.81. The van der Waals surface area contributed by atoms with E-state index in [9.17, 15) is 4.79 Å². The molecule has 0 aromatic heterocycles. The van der Waals surface area contributed by atoms with Crippen LogP contribution in [0, 0.1) is 0 Å². The molecule has 0 saturated carbocycles. The number of hydrogen-bond acceptors (Lipinski definition) is 2. The molecule has 0 spiro atoms. The van der Waals surface area contributed by atoms with Crippen molar-refractivity contribution in [3.8, 4) is 5.75 Å². The van der Waals surface area contributed by atoms with Gasteiger partial charge in [0, 0.05) is 5.02 Å². The molecule has 0 bridgehead atoms. The van der Waals surface area contributed by atoms with E-state index in [1.165, 1.54) is 19.1 Å². The molecule has 0 amide bonds. The summed E-state index contributed by atoms with van der Waals surface area (Å²) in [4.78, 5) is 11.1. The van der Waals surface area contributed by atoms with Crippen molar-refractivity contribution in [3.05, 3.63) is 28.2 Å². The van der Waals surface area contributed by atoms with E-state index in [0.717, 1.165) is 0 Å². The SMILES string of the molecule is CC(Cl)C(=O)Oc1ccc(Cl)cc1Cl. The standard InChI is InChI=1S/C9H7Cl3O2/c1-5(10)9(13)14-8-3-2-6(11)4-7(8)12/h2-5H,1H3. The third-order valence-corrected chi connectivity index (χ3v) is 2.14. The summed E-state index contributed by atoms with van der Waals surface area (Å²) >= 11 is 17.0. The van der Waals surface area contributed by atoms with Crippen LogP contribution in [0.1, 0.15) is 6.92 Å². The van der Waals surface area contributed by atoms with E-state index in [4.69, 9.17) is 39.5 Å². The highest BCUT2D eigenvalue weighted by Gasteiger charge is 2.13. The van der Waals surface area contributed by atoms with Crippen LogP contribution in [0.5, 0.6) is 5.75 Å². The van der Waals surface area contributed by atoms with Gasteiger partial charge in [0.1, 0.15) is 11.1 Å². The predicted octanol–water partition coefficient (Wildman–Crippen LogP) is 3.53. The third-order valence-electron chi connectivity index (χ3n) is 1.43. The fourth-order valence-electron chi connectivity index (χ4n) is 0.748. The van der Waals surface area contributed by atoms with Crippen molar-refractivity contribution in [1.29, 1.82) is 0 Å². The van der Waals surface area contributed by atoms with E-state index >= 15 is 0 Å². The number of esters is 1. The summed E-state index contributed by atoms with van der Waals surface area (Å²) in [5.74, 6) is -0.288. The molecule has 0 aliphatic rings. The first-order chi connectivity index (χ1) is 6.50. The number of rotatable bonds is 2. The zero-order valence-corrected chi connectivity index (χ0v) is 9.53. The first kappa shape index (κ1) is 11.6. The lowest BCUT2D eigenvalue weighted by molar-refractivity contribution is -0.133. The van der Waals surface area contributed by atoms with Crippen molar-refractivity contribution in [3.63, 3.8) is 0 Å². The van der Waals surface area contributed by atoms with Gasteiger partial charge in [-0.1, -0.05) is 23.2 Å². The lowest BCUT2D eigenvalue weighted by Gasteiger charge is -2.06. The smallest absolute Gasteiger partial charge is 0.329 e. The van der Waals surface area contributed by atoms with Gasteiger partial charge < -0.3 is 4.74 Å². The number of halogens is 3. The maximum atomic E-state index is 11.1. The summed E-state index contributed by atoms with van der Waals surface area (Å²) in [7, 11) is 0. The molecule has 0 aliphatic carbocycles. The van der Waals surface area contributed by atoms with E-state index in [1.54, 1.807) is 6.07 Å². The summed E-state index contributed by atoms with van der Waals surface area (Å²) < 4.78 is 4.90. The van der Waals surface area contributed by atoms with Gasteiger partial charge in [-0.2, -0.15) is 0 Å². The van der Waals surface area contributed by atoms with Crippen LogP contribution in [0.15, 0.2) is 18.2 Å². The van der Waals surface area contributed by atoms with Crippen LogP contribution in [0.25, 0.3) is 0 Å². The Hall–Kier alpha value is -0.440. The van der Waals surface area contributed by atoms with Crippen LogP contribution in [0.2, 0.25) is 10.0 Å². The second-order valence-corrected chi connectivity index (χ2v) is 4.11. The van der Waals surface area contributed by atoms with E-state index in [1.807, 2.05) is 0 Å². The van der Waals surface area contributed by atoms with Gasteiger partial charge in [0.25, 0.3) is 0 Å². The number of carbonyl (C=O) groups is 1. The molecule has 1 aromatic carbocycles. The lowest BCUT2D eigenvalue weighted by atomic mass is 10.3. The Bertz CT molecular complexity index is 350. The largest absolute Gasteiger partial charge is 0.424 e. The van der Waals surface area contributed by atoms with Crippen LogP contribution in [-0.4, -0.2) is 11.3 Å². The molecule has 0 aliphatic heterocycles. The summed E-state index contributed by atoms with van der Waals surface area (Å²) in [6.45, 7) is 1.52. The van der Waals surface area contributed by atoms with Crippen molar-refractivity contribution < 1.29 is 9.53 Å². The topological polar surface area (TPSA) is 26.3 Å². The normalized spacial score (nSPS) is 12.3. The molecular formula is C9H7Cl3O2. The van der Waals surface area contributed by atoms with Crippen LogP contribution < -0.4 is 4.74 Å². The predicted molar refractivity (Wildman–Crippen MR) is 57.4 cm³/mol. The van der Waals surface area contributed by atoms with Gasteiger partial charge in [0.2, 0.25) is 0 Å². The molecule has 0 heterocycles. The summed E-state index contributed by atoms with van der Waals surface area (Å²) in [6.07, 6.45) is 0. The van der Waals surface area contributed by atoms with Crippen LogP contribution in [0.3, 0.4) is 0 Å². The number of hydrogen-bond donors (Lipinski definition) is 0. The van der Waals surface area contributed by atoms with E-state index in [-0.39, 0.29) is 10.8 Å². The van der Waals surface area contributed by atoms with E-state index in [2.05, 4.69) is 0 Å². The highest BCUT2D eigenvalue weighted by molar-refractivity contribution is 6.35. The summed E-state index contributed by atoms with van der Waals surface area (Å²) in [5, 5.41) is 0.0543. The molecule has 14 heavy (non-hydrogen) atoms. The van der Waals surface area contributed by atoms with Crippen LogP contribution in [-0.2, 0) is 4.79 Å². The number of carbonyl (C=O) groups excluding carboxylic acids is 1. The van der Waals surface area contributed by atoms with Gasteiger partial charge in [0.15, 0.2) is 0 Å². The van der Waals surface area contributed by atoms with Gasteiger partial charge in [-0.05, 0) is 25.1 Å². The quantitative estimate of drug-likeness (QED) is 0.458. The van der Waals surface area contributed by atoms with Crippen molar-refractivity contribution in [2.75, 3.05) is 0 Å². The van der Waals surface area contributed by atoms with Crippen molar-refractivity contribution in [1.82, 2.24) is 0 Å². The van der Waals surface area contributed by atoms with Crippen LogP contribution in [0.4, 0.5) is 0 Å². The minimum atomic E-state index is -0.707. The van der Waals surface area contributed by atoms with Gasteiger partial charge in [-0.25, -0.2) is 0 Å². The number of alkyl halides is 1. The Morgan fingerprint density at radius 2 is 2.07 bits per heavy atom.